The van der Waals surface area contributed by atoms with Crippen LogP contribution < -0.4 is 4.90 Å². The van der Waals surface area contributed by atoms with Crippen LogP contribution in [0, 0.1) is 6.92 Å². The first-order valence-electron chi connectivity index (χ1n) is 18.0. The van der Waals surface area contributed by atoms with Gasteiger partial charge in [0.2, 0.25) is 0 Å². The van der Waals surface area contributed by atoms with Crippen LogP contribution in [0.25, 0.3) is 22.3 Å². The molecule has 0 heterocycles. The number of benzene rings is 4. The lowest BCUT2D eigenvalue weighted by atomic mass is 9.69. The monoisotopic (exact) mass is 647 g/mol. The first kappa shape index (κ1) is 31.8. The van der Waals surface area contributed by atoms with Crippen molar-refractivity contribution in [2.24, 2.45) is 0 Å². The lowest BCUT2D eigenvalue weighted by Gasteiger charge is -2.33. The summed E-state index contributed by atoms with van der Waals surface area (Å²) in [5, 5.41) is 0. The second-order valence-electron chi connectivity index (χ2n) is 14.3. The van der Waals surface area contributed by atoms with E-state index in [4.69, 9.17) is 0 Å². The SMILES string of the molecule is C=C/C=C(\C=C)N(c1ccc2c(c1)C(C)(C)C(CC)=C2/C=C\C)c1cccc2c1C1=C(C=CCC=C1)C21c2ccccc2-c2c(C)cccc21. The minimum Gasteiger partial charge on any atom is -0.310 e. The minimum absolute atomic E-state index is 0.0839. The lowest BCUT2D eigenvalue weighted by molar-refractivity contribution is 0.617. The molecule has 0 radical (unpaired) electrons. The van der Waals surface area contributed by atoms with Crippen molar-refractivity contribution < 1.29 is 0 Å². The molecule has 1 nitrogen and oxygen atoms in total. The predicted molar refractivity (Wildman–Crippen MR) is 215 cm³/mol. The number of fused-ring (bicyclic) bond motifs is 10. The number of hydrogen-bond acceptors (Lipinski definition) is 1. The van der Waals surface area contributed by atoms with Crippen molar-refractivity contribution in [3.05, 3.63) is 202 Å². The molecule has 8 rings (SSSR count). The van der Waals surface area contributed by atoms with Gasteiger partial charge in [-0.25, -0.2) is 0 Å². The molecule has 4 aliphatic rings. The number of allylic oxidation sites excluding steroid dienone is 13. The molecule has 0 fully saturated rings. The Balaban J connectivity index is 1.45. The molecule has 4 aromatic rings. The first-order chi connectivity index (χ1) is 24.3. The zero-order chi connectivity index (χ0) is 34.8. The third kappa shape index (κ3) is 4.19. The summed E-state index contributed by atoms with van der Waals surface area (Å²) in [6, 6.07) is 29.9. The van der Waals surface area contributed by atoms with E-state index >= 15 is 0 Å². The maximum Gasteiger partial charge on any atom is 0.0726 e. The quantitative estimate of drug-likeness (QED) is 0.180. The summed E-state index contributed by atoms with van der Waals surface area (Å²) in [6.45, 7) is 19.9. The molecule has 4 aliphatic carbocycles. The minimum atomic E-state index is -0.423. The Morgan fingerprint density at radius 1 is 0.820 bits per heavy atom. The molecule has 4 aromatic carbocycles. The number of aryl methyl sites for hydroxylation is 1. The highest BCUT2D eigenvalue weighted by molar-refractivity contribution is 6.03. The van der Waals surface area contributed by atoms with Gasteiger partial charge in [0.05, 0.1) is 11.1 Å². The van der Waals surface area contributed by atoms with E-state index in [1.54, 1.807) is 0 Å². The van der Waals surface area contributed by atoms with Gasteiger partial charge < -0.3 is 4.90 Å². The molecule has 0 bridgehead atoms. The number of hydrogen-bond donors (Lipinski definition) is 0. The summed E-state index contributed by atoms with van der Waals surface area (Å²) in [7, 11) is 0. The molecule has 1 spiro atoms. The summed E-state index contributed by atoms with van der Waals surface area (Å²) >= 11 is 0. The van der Waals surface area contributed by atoms with E-state index in [0.29, 0.717) is 0 Å². The highest BCUT2D eigenvalue weighted by Gasteiger charge is 2.53. The topological polar surface area (TPSA) is 3.24 Å². The van der Waals surface area contributed by atoms with Crippen LogP contribution in [0.5, 0.6) is 0 Å². The van der Waals surface area contributed by atoms with Crippen molar-refractivity contribution in [2.45, 2.75) is 58.3 Å². The number of anilines is 2. The molecule has 0 saturated carbocycles. The van der Waals surface area contributed by atoms with Crippen molar-refractivity contribution in [1.29, 1.82) is 0 Å². The second kappa shape index (κ2) is 11.9. The molecule has 0 aliphatic heterocycles. The van der Waals surface area contributed by atoms with Crippen molar-refractivity contribution >= 4 is 22.5 Å². The fourth-order valence-electron chi connectivity index (χ4n) is 9.59. The van der Waals surface area contributed by atoms with Gasteiger partial charge >= 0.3 is 0 Å². The molecule has 0 amide bonds. The predicted octanol–water partition coefficient (Wildman–Crippen LogP) is 13.0. The van der Waals surface area contributed by atoms with E-state index < -0.39 is 5.41 Å². The van der Waals surface area contributed by atoms with Gasteiger partial charge in [-0.2, -0.15) is 0 Å². The van der Waals surface area contributed by atoms with E-state index in [2.05, 4.69) is 174 Å². The van der Waals surface area contributed by atoms with E-state index in [0.717, 1.165) is 29.9 Å². The van der Waals surface area contributed by atoms with Gasteiger partial charge in [0.15, 0.2) is 0 Å². The molecule has 50 heavy (non-hydrogen) atoms. The van der Waals surface area contributed by atoms with Crippen LogP contribution in [0.4, 0.5) is 11.4 Å². The third-order valence-corrected chi connectivity index (χ3v) is 11.5. The smallest absolute Gasteiger partial charge is 0.0726 e. The van der Waals surface area contributed by atoms with E-state index in [1.165, 1.54) is 72.4 Å². The molecule has 0 aromatic heterocycles. The second-order valence-corrected chi connectivity index (χ2v) is 14.3. The Morgan fingerprint density at radius 3 is 2.32 bits per heavy atom. The van der Waals surface area contributed by atoms with Gasteiger partial charge in [-0.05, 0) is 118 Å². The fourth-order valence-corrected chi connectivity index (χ4v) is 9.59. The summed E-state index contributed by atoms with van der Waals surface area (Å²) in [4.78, 5) is 2.41. The van der Waals surface area contributed by atoms with Crippen LogP contribution in [0.3, 0.4) is 0 Å². The van der Waals surface area contributed by atoms with Gasteiger partial charge in [-0.15, -0.1) is 0 Å². The molecule has 1 atom stereocenters. The lowest BCUT2D eigenvalue weighted by Crippen LogP contribution is -2.27. The summed E-state index contributed by atoms with van der Waals surface area (Å²) in [6.07, 6.45) is 21.7. The zero-order valence-electron chi connectivity index (χ0n) is 30.0. The van der Waals surface area contributed by atoms with Crippen LogP contribution in [-0.2, 0) is 10.8 Å². The fraction of sp³-hybridized carbons (Fsp3) is 0.184. The van der Waals surface area contributed by atoms with Gasteiger partial charge in [0, 0.05) is 22.4 Å². The van der Waals surface area contributed by atoms with E-state index in [1.807, 2.05) is 12.2 Å². The van der Waals surface area contributed by atoms with Crippen molar-refractivity contribution in [3.63, 3.8) is 0 Å². The highest BCUT2D eigenvalue weighted by atomic mass is 15.1. The number of nitrogens with zero attached hydrogens (tertiary/aromatic N) is 1. The standard InChI is InChI=1S/C49H45N/c1-8-19-33(10-3)50(34-29-30-36-35(20-9-2)39(11-4)48(6,7)44(36)31-34)45-28-18-27-43-47(45)38-22-13-12-14-24-41(38)49(43)40-25-16-15-23-37(40)46-32(5)21-17-26-42(46)49/h8-10,13-31H,1,3,11-12H2,2,4-7H3/b20-9-,33-19+. The van der Waals surface area contributed by atoms with E-state index in [9.17, 15) is 0 Å². The molecule has 1 heteroatoms. The average Bonchev–Trinajstić information content (AvgIpc) is 3.55. The van der Waals surface area contributed by atoms with E-state index in [-0.39, 0.29) is 5.41 Å². The van der Waals surface area contributed by atoms with Crippen molar-refractivity contribution in [2.75, 3.05) is 4.90 Å². The van der Waals surface area contributed by atoms with Crippen LogP contribution in [-0.4, -0.2) is 0 Å². The normalized spacial score (nSPS) is 19.4. The Bertz CT molecular complexity index is 2310. The van der Waals surface area contributed by atoms with Gasteiger partial charge in [0.25, 0.3) is 0 Å². The Labute approximate surface area is 298 Å². The maximum absolute atomic E-state index is 4.33. The molecule has 1 unspecified atom stereocenters. The summed E-state index contributed by atoms with van der Waals surface area (Å²) < 4.78 is 0. The molecular weight excluding hydrogens is 603 g/mol. The van der Waals surface area contributed by atoms with Gasteiger partial charge in [-0.3, -0.25) is 0 Å². The average molecular weight is 648 g/mol. The molecule has 246 valence electrons. The van der Waals surface area contributed by atoms with Crippen molar-refractivity contribution in [1.82, 2.24) is 0 Å². The van der Waals surface area contributed by atoms with Crippen LogP contribution in [0.2, 0.25) is 0 Å². The number of rotatable bonds is 7. The van der Waals surface area contributed by atoms with Crippen LogP contribution in [0.15, 0.2) is 164 Å². The zero-order valence-corrected chi connectivity index (χ0v) is 30.0. The Morgan fingerprint density at radius 2 is 1.56 bits per heavy atom. The van der Waals surface area contributed by atoms with Gasteiger partial charge in [-0.1, -0.05) is 143 Å². The molecule has 0 N–H and O–H groups in total. The summed E-state index contributed by atoms with van der Waals surface area (Å²) in [5.74, 6) is 0. The Kier molecular flexibility index (Phi) is 7.57. The van der Waals surface area contributed by atoms with Crippen LogP contribution >= 0.6 is 0 Å². The van der Waals surface area contributed by atoms with Gasteiger partial charge in [0.1, 0.15) is 0 Å². The maximum atomic E-state index is 4.33. The largest absolute Gasteiger partial charge is 0.310 e. The molecule has 0 saturated heterocycles. The summed E-state index contributed by atoms with van der Waals surface area (Å²) in [5.41, 5.74) is 20.3. The Hall–Kier alpha value is -5.40. The highest BCUT2D eigenvalue weighted by Crippen LogP contribution is 2.64. The van der Waals surface area contributed by atoms with Crippen LogP contribution in [0.1, 0.15) is 79.5 Å². The molecular formula is C49H45N. The third-order valence-electron chi connectivity index (χ3n) is 11.5. The van der Waals surface area contributed by atoms with Crippen molar-refractivity contribution in [3.8, 4) is 11.1 Å². The first-order valence-corrected chi connectivity index (χ1v) is 18.0.